The Morgan fingerprint density at radius 2 is 1.57 bits per heavy atom. The summed E-state index contributed by atoms with van der Waals surface area (Å²) in [6.45, 7) is 3.00. The molecule has 0 spiro atoms. The number of hydrogen-bond donors (Lipinski definition) is 1. The Morgan fingerprint density at radius 3 is 1.93 bits per heavy atom. The Labute approximate surface area is 167 Å². The molecule has 0 aliphatic carbocycles. The monoisotopic (exact) mass is 596 g/mol. The fourth-order valence-corrected chi connectivity index (χ4v) is 1.89. The SMILES string of the molecule is CC(=[OH+])/C=C(/C)O.FC1(F)N=C(c2[c-]cccc2)C(F)(F)C(F)(F)C1(F)F.[Ir]. The molecular formula is C16H13F8IrNO2. The van der Waals surface area contributed by atoms with Gasteiger partial charge in [0.15, 0.2) is 0 Å². The van der Waals surface area contributed by atoms with E-state index in [4.69, 9.17) is 9.90 Å². The largest absolute Gasteiger partial charge is 0.512 e. The van der Waals surface area contributed by atoms with E-state index in [1.807, 2.05) is 11.1 Å². The van der Waals surface area contributed by atoms with Gasteiger partial charge in [0, 0.05) is 25.8 Å². The van der Waals surface area contributed by atoms with Crippen molar-refractivity contribution in [3.8, 4) is 0 Å². The number of rotatable bonds is 2. The molecule has 1 aliphatic rings. The molecule has 0 unspecified atom stereocenters. The van der Waals surface area contributed by atoms with Gasteiger partial charge < -0.3 is 5.11 Å². The third-order valence-electron chi connectivity index (χ3n) is 3.10. The molecule has 3 nitrogen and oxygen atoms in total. The number of aliphatic hydroxyl groups excluding tert-OH is 1. The molecule has 0 saturated heterocycles. The van der Waals surface area contributed by atoms with Crippen molar-refractivity contribution in [2.75, 3.05) is 0 Å². The molecule has 1 aromatic carbocycles. The van der Waals surface area contributed by atoms with Gasteiger partial charge in [-0.3, -0.25) is 9.79 Å². The van der Waals surface area contributed by atoms with Gasteiger partial charge in [0.25, 0.3) is 0 Å². The van der Waals surface area contributed by atoms with Crippen LogP contribution in [0, 0.1) is 6.07 Å². The smallest absolute Gasteiger partial charge is 0.403 e. The third-order valence-corrected chi connectivity index (χ3v) is 3.10. The number of ketones is 1. The fraction of sp³-hybridized carbons (Fsp3) is 0.375. The predicted molar refractivity (Wildman–Crippen MR) is 80.6 cm³/mol. The zero-order chi connectivity index (χ0) is 21.3. The summed E-state index contributed by atoms with van der Waals surface area (Å²) in [5.74, 6) is -17.9. The summed E-state index contributed by atoms with van der Waals surface area (Å²) in [5, 5.41) is 8.40. The van der Waals surface area contributed by atoms with Crippen molar-refractivity contribution in [3.63, 3.8) is 0 Å². The van der Waals surface area contributed by atoms with Crippen molar-refractivity contribution in [2.45, 2.75) is 37.7 Å². The average Bonchev–Trinajstić information content (AvgIpc) is 2.51. The number of aliphatic imine (C=N–C) groups is 1. The van der Waals surface area contributed by atoms with E-state index >= 15 is 0 Å². The van der Waals surface area contributed by atoms with E-state index < -0.39 is 35.1 Å². The Hall–Kier alpha value is -1.81. The van der Waals surface area contributed by atoms with E-state index in [2.05, 4.69) is 0 Å². The number of aliphatic hydroxyl groups is 1. The second-order valence-corrected chi connectivity index (χ2v) is 5.43. The topological polar surface area (TPSA) is 54.0 Å². The maximum absolute atomic E-state index is 13.5. The predicted octanol–water partition coefficient (Wildman–Crippen LogP) is 4.80. The zero-order valence-corrected chi connectivity index (χ0v) is 16.5. The molecule has 0 fully saturated rings. The van der Waals surface area contributed by atoms with Gasteiger partial charge in [-0.1, -0.05) is 0 Å². The summed E-state index contributed by atoms with van der Waals surface area (Å²) in [6, 6.07) is 0.335. The number of alkyl halides is 8. The molecule has 0 saturated carbocycles. The number of carbonyl (C=O) groups excluding carboxylic acids is 1. The zero-order valence-electron chi connectivity index (χ0n) is 14.1. The van der Waals surface area contributed by atoms with Gasteiger partial charge in [0.2, 0.25) is 0 Å². The number of allylic oxidation sites excluding steroid dienone is 2. The number of benzene rings is 1. The van der Waals surface area contributed by atoms with Crippen LogP contribution in [0.15, 0.2) is 41.1 Å². The van der Waals surface area contributed by atoms with Crippen LogP contribution in [0.4, 0.5) is 35.1 Å². The van der Waals surface area contributed by atoms with Gasteiger partial charge in [-0.05, 0) is 6.92 Å². The average molecular weight is 595 g/mol. The first-order valence-corrected chi connectivity index (χ1v) is 7.06. The molecule has 2 rings (SSSR count). The van der Waals surface area contributed by atoms with E-state index in [9.17, 15) is 35.1 Å². The number of nitrogens with zero attached hydrogens (tertiary/aromatic N) is 1. The van der Waals surface area contributed by atoms with Crippen LogP contribution in [-0.2, 0) is 20.1 Å². The van der Waals surface area contributed by atoms with E-state index in [1.165, 1.54) is 26.0 Å². The molecule has 0 atom stereocenters. The minimum absolute atomic E-state index is 0. The summed E-state index contributed by atoms with van der Waals surface area (Å²) in [4.78, 5) is 10.3. The van der Waals surface area contributed by atoms with E-state index in [-0.39, 0.29) is 31.6 Å². The molecule has 1 aromatic rings. The van der Waals surface area contributed by atoms with Gasteiger partial charge in [0.1, 0.15) is 0 Å². The van der Waals surface area contributed by atoms with Gasteiger partial charge in [-0.15, -0.1) is 35.9 Å². The third kappa shape index (κ3) is 4.78. The van der Waals surface area contributed by atoms with Crippen LogP contribution in [0.25, 0.3) is 0 Å². The second-order valence-electron chi connectivity index (χ2n) is 5.43. The first-order chi connectivity index (χ1) is 12.1. The Morgan fingerprint density at radius 1 is 1.04 bits per heavy atom. The van der Waals surface area contributed by atoms with Crippen LogP contribution < -0.4 is 0 Å². The normalized spacial score (nSPS) is 21.4. The van der Waals surface area contributed by atoms with Crippen LogP contribution in [0.2, 0.25) is 0 Å². The second kappa shape index (κ2) is 8.69. The van der Waals surface area contributed by atoms with Crippen LogP contribution >= 0.6 is 0 Å². The molecule has 2 N–H and O–H groups in total. The van der Waals surface area contributed by atoms with E-state index in [0.29, 0.717) is 0 Å². The molecule has 0 amide bonds. The van der Waals surface area contributed by atoms with E-state index in [0.717, 1.165) is 18.2 Å². The minimum Gasteiger partial charge on any atom is -0.512 e. The van der Waals surface area contributed by atoms with Crippen molar-refractivity contribution >= 4 is 11.5 Å². The van der Waals surface area contributed by atoms with Gasteiger partial charge in [0.05, 0.1) is 18.8 Å². The molecular weight excluding hydrogens is 582 g/mol. The van der Waals surface area contributed by atoms with Gasteiger partial charge >= 0.3 is 29.6 Å². The molecule has 1 aliphatic heterocycles. The summed E-state index contributed by atoms with van der Waals surface area (Å²) in [5.41, 5.74) is -3.04. The maximum atomic E-state index is 13.5. The molecule has 1 heterocycles. The molecule has 159 valence electrons. The molecule has 28 heavy (non-hydrogen) atoms. The molecule has 1 radical (unpaired) electrons. The Bertz CT molecular complexity index is 759. The Kier molecular flexibility index (Phi) is 8.13. The maximum Gasteiger partial charge on any atom is 0.403 e. The van der Waals surface area contributed by atoms with Crippen molar-refractivity contribution in [3.05, 3.63) is 47.7 Å². The summed E-state index contributed by atoms with van der Waals surface area (Å²) >= 11 is 0. The Balaban J connectivity index is 0.000000786. The number of halogens is 8. The van der Waals surface area contributed by atoms with Crippen LogP contribution in [-0.4, -0.2) is 45.2 Å². The summed E-state index contributed by atoms with van der Waals surface area (Å²) in [7, 11) is 0. The van der Waals surface area contributed by atoms with Crippen molar-refractivity contribution in [1.82, 2.24) is 0 Å². The summed E-state index contributed by atoms with van der Waals surface area (Å²) < 4.78 is 105. The fourth-order valence-electron chi connectivity index (χ4n) is 1.89. The van der Waals surface area contributed by atoms with Crippen LogP contribution in [0.3, 0.4) is 0 Å². The molecule has 12 heteroatoms. The summed E-state index contributed by atoms with van der Waals surface area (Å²) in [6.07, 6.45) is 1.28. The number of hydrogen-bond acceptors (Lipinski definition) is 2. The first-order valence-electron chi connectivity index (χ1n) is 7.06. The van der Waals surface area contributed by atoms with E-state index in [1.54, 1.807) is 0 Å². The van der Waals surface area contributed by atoms with Crippen molar-refractivity contribution < 1.29 is 65.1 Å². The van der Waals surface area contributed by atoms with Gasteiger partial charge in [-0.25, -0.2) is 8.78 Å². The van der Waals surface area contributed by atoms with Gasteiger partial charge in [-0.2, -0.15) is 26.3 Å². The van der Waals surface area contributed by atoms with Crippen LogP contribution in [0.1, 0.15) is 19.4 Å². The van der Waals surface area contributed by atoms with Crippen LogP contribution in [0.5, 0.6) is 0 Å². The minimum atomic E-state index is -6.30. The molecule has 0 aromatic heterocycles. The van der Waals surface area contributed by atoms with Crippen molar-refractivity contribution in [1.29, 1.82) is 0 Å². The van der Waals surface area contributed by atoms with Crippen molar-refractivity contribution in [2.24, 2.45) is 4.99 Å². The quantitative estimate of drug-likeness (QED) is 0.131. The first kappa shape index (κ1) is 26.2. The standard InChI is InChI=1S/C11H4F8N.C5H8O2.Ir/c12-8(13)7(6-4-2-1-3-5-6)20-11(18,19)10(16,17)9(8,14)15;1-4(6)3-5(2)7;/h1-4H;3,6H,1-2H3;/q-1;;/p+1/b;4-3-;. The molecule has 0 bridgehead atoms.